The molecule has 0 bridgehead atoms. The van der Waals surface area contributed by atoms with E-state index in [1.165, 1.54) is 4.31 Å². The van der Waals surface area contributed by atoms with E-state index < -0.39 is 10.0 Å². The summed E-state index contributed by atoms with van der Waals surface area (Å²) < 4.78 is 28.8. The first-order valence-corrected chi connectivity index (χ1v) is 11.1. The van der Waals surface area contributed by atoms with Gasteiger partial charge in [0, 0.05) is 33.8 Å². The second-order valence-electron chi connectivity index (χ2n) is 5.88. The Hall–Kier alpha value is -1.51. The van der Waals surface area contributed by atoms with Gasteiger partial charge in [-0.2, -0.15) is 0 Å². The monoisotopic (exact) mass is 438 g/mol. The van der Waals surface area contributed by atoms with E-state index in [-0.39, 0.29) is 10.8 Å². The Balaban J connectivity index is 1.78. The van der Waals surface area contributed by atoms with Crippen LogP contribution in [0, 0.1) is 0 Å². The third-order valence-electron chi connectivity index (χ3n) is 4.31. The predicted molar refractivity (Wildman–Crippen MR) is 103 cm³/mol. The maximum atomic E-state index is 13.3. The molecule has 0 spiro atoms. The molecule has 2 aliphatic heterocycles. The number of benzene rings is 2. The highest BCUT2D eigenvalue weighted by atomic mass is 79.9. The van der Waals surface area contributed by atoms with Gasteiger partial charge in [0.25, 0.3) is 10.0 Å². The summed E-state index contributed by atoms with van der Waals surface area (Å²) >= 11 is 5.14. The number of hydrogen-bond donors (Lipinski definition) is 1. The number of nitrogens with zero attached hydrogens (tertiary/aromatic N) is 1. The number of amides is 1. The van der Waals surface area contributed by atoms with Crippen molar-refractivity contribution in [3.05, 3.63) is 46.4 Å². The van der Waals surface area contributed by atoms with Crippen molar-refractivity contribution in [3.63, 3.8) is 0 Å². The van der Waals surface area contributed by atoms with E-state index in [2.05, 4.69) is 21.2 Å². The van der Waals surface area contributed by atoms with E-state index in [0.29, 0.717) is 36.5 Å². The van der Waals surface area contributed by atoms with Gasteiger partial charge in [0.05, 0.1) is 10.6 Å². The lowest BCUT2D eigenvalue weighted by molar-refractivity contribution is -0.116. The van der Waals surface area contributed by atoms with Crippen LogP contribution in [0.2, 0.25) is 0 Å². The Kier molecular flexibility index (Phi) is 4.29. The lowest BCUT2D eigenvalue weighted by Crippen LogP contribution is -2.36. The minimum absolute atomic E-state index is 0.0333. The second-order valence-corrected chi connectivity index (χ2v) is 9.73. The minimum Gasteiger partial charge on any atom is -0.326 e. The summed E-state index contributed by atoms with van der Waals surface area (Å²) in [4.78, 5) is 12.7. The van der Waals surface area contributed by atoms with Crippen LogP contribution in [0.5, 0.6) is 0 Å². The molecule has 25 heavy (non-hydrogen) atoms. The van der Waals surface area contributed by atoms with Gasteiger partial charge in [0.2, 0.25) is 5.91 Å². The van der Waals surface area contributed by atoms with Gasteiger partial charge in [-0.3, -0.25) is 9.10 Å². The summed E-state index contributed by atoms with van der Waals surface area (Å²) in [5, 5.41) is 2.78. The largest absolute Gasteiger partial charge is 0.326 e. The van der Waals surface area contributed by atoms with Gasteiger partial charge in [-0.25, -0.2) is 8.42 Å². The number of carbonyl (C=O) groups is 1. The minimum atomic E-state index is -3.67. The number of fused-ring (bicyclic) bond motifs is 2. The van der Waals surface area contributed by atoms with Crippen LogP contribution in [0.3, 0.4) is 0 Å². The molecule has 2 aromatic carbocycles. The Morgan fingerprint density at radius 2 is 2.00 bits per heavy atom. The molecule has 0 saturated carbocycles. The zero-order chi connectivity index (χ0) is 17.6. The number of anilines is 2. The van der Waals surface area contributed by atoms with Crippen LogP contribution in [0.4, 0.5) is 11.4 Å². The van der Waals surface area contributed by atoms with Gasteiger partial charge in [0.15, 0.2) is 0 Å². The summed E-state index contributed by atoms with van der Waals surface area (Å²) in [7, 11) is -3.67. The lowest BCUT2D eigenvalue weighted by atomic mass is 10.0. The highest BCUT2D eigenvalue weighted by molar-refractivity contribution is 9.10. The van der Waals surface area contributed by atoms with E-state index >= 15 is 0 Å². The molecule has 5 nitrogen and oxygen atoms in total. The molecule has 1 N–H and O–H groups in total. The summed E-state index contributed by atoms with van der Waals surface area (Å²) in [5.41, 5.74) is 2.26. The summed E-state index contributed by atoms with van der Waals surface area (Å²) in [6.07, 6.45) is 0.936. The Morgan fingerprint density at radius 3 is 2.84 bits per heavy atom. The Morgan fingerprint density at radius 1 is 1.16 bits per heavy atom. The molecule has 0 unspecified atom stereocenters. The van der Waals surface area contributed by atoms with E-state index in [4.69, 9.17) is 0 Å². The SMILES string of the molecule is O=C1CCc2cc(S(=O)(=O)N3CCSc4cccc(Br)c43)ccc2N1. The van der Waals surface area contributed by atoms with Crippen LogP contribution in [0.15, 0.2) is 50.7 Å². The van der Waals surface area contributed by atoms with E-state index in [1.54, 1.807) is 30.0 Å². The maximum Gasteiger partial charge on any atom is 0.264 e. The van der Waals surface area contributed by atoms with Crippen molar-refractivity contribution in [2.45, 2.75) is 22.6 Å². The molecule has 1 amide bonds. The van der Waals surface area contributed by atoms with Crippen molar-refractivity contribution in [1.29, 1.82) is 0 Å². The van der Waals surface area contributed by atoms with E-state index in [1.807, 2.05) is 18.2 Å². The van der Waals surface area contributed by atoms with Crippen LogP contribution in [-0.4, -0.2) is 26.6 Å². The molecule has 0 saturated heterocycles. The second kappa shape index (κ2) is 6.34. The number of hydrogen-bond acceptors (Lipinski definition) is 4. The Labute approximate surface area is 159 Å². The molecule has 2 heterocycles. The number of aryl methyl sites for hydroxylation is 1. The average molecular weight is 439 g/mol. The van der Waals surface area contributed by atoms with E-state index in [0.717, 1.165) is 14.9 Å². The molecule has 2 aliphatic rings. The van der Waals surface area contributed by atoms with Crippen LogP contribution >= 0.6 is 27.7 Å². The molecular weight excluding hydrogens is 424 g/mol. The van der Waals surface area contributed by atoms with Crippen molar-refractivity contribution in [2.75, 3.05) is 21.9 Å². The maximum absolute atomic E-state index is 13.3. The van der Waals surface area contributed by atoms with Gasteiger partial charge in [0.1, 0.15) is 0 Å². The summed E-state index contributed by atoms with van der Waals surface area (Å²) in [6, 6.07) is 10.6. The third-order valence-corrected chi connectivity index (χ3v) is 7.77. The van der Waals surface area contributed by atoms with Gasteiger partial charge < -0.3 is 5.32 Å². The lowest BCUT2D eigenvalue weighted by Gasteiger charge is -2.31. The number of carbonyl (C=O) groups excluding carboxylic acids is 1. The topological polar surface area (TPSA) is 66.5 Å². The van der Waals surface area contributed by atoms with Crippen LogP contribution in [0.25, 0.3) is 0 Å². The number of rotatable bonds is 2. The zero-order valence-electron chi connectivity index (χ0n) is 13.2. The van der Waals surface area contributed by atoms with Crippen molar-refractivity contribution in [1.82, 2.24) is 0 Å². The Bertz CT molecular complexity index is 976. The molecule has 8 heteroatoms. The zero-order valence-corrected chi connectivity index (χ0v) is 16.4. The molecule has 0 aromatic heterocycles. The molecule has 0 radical (unpaired) electrons. The highest BCUT2D eigenvalue weighted by Gasteiger charge is 2.31. The predicted octanol–water partition coefficient (Wildman–Crippen LogP) is 3.63. The highest BCUT2D eigenvalue weighted by Crippen LogP contribution is 2.42. The molecule has 4 rings (SSSR count). The normalized spacial score (nSPS) is 16.8. The first kappa shape index (κ1) is 16.9. The van der Waals surface area contributed by atoms with Crippen LogP contribution in [0.1, 0.15) is 12.0 Å². The van der Waals surface area contributed by atoms with Gasteiger partial charge in [-0.05, 0) is 58.2 Å². The molecule has 130 valence electrons. The number of thioether (sulfide) groups is 1. The average Bonchev–Trinajstić information content (AvgIpc) is 2.61. The standard InChI is InChI=1S/C17H15BrN2O3S2/c18-13-2-1-3-15-17(13)20(8-9-24-15)25(22,23)12-5-6-14-11(10-12)4-7-16(21)19-14/h1-3,5-6,10H,4,7-9H2,(H,19,21). The summed E-state index contributed by atoms with van der Waals surface area (Å²) in [5.74, 6) is 0.679. The number of para-hydroxylation sites is 1. The van der Waals surface area contributed by atoms with Crippen molar-refractivity contribution < 1.29 is 13.2 Å². The first-order valence-electron chi connectivity index (χ1n) is 7.83. The number of halogens is 1. The molecule has 0 aliphatic carbocycles. The number of sulfonamides is 1. The van der Waals surface area contributed by atoms with E-state index in [9.17, 15) is 13.2 Å². The van der Waals surface area contributed by atoms with Crippen molar-refractivity contribution in [2.24, 2.45) is 0 Å². The number of nitrogens with one attached hydrogen (secondary N) is 1. The van der Waals surface area contributed by atoms with Gasteiger partial charge in [-0.1, -0.05) is 6.07 Å². The molecule has 0 fully saturated rings. The molecule has 0 atom stereocenters. The van der Waals surface area contributed by atoms with Crippen LogP contribution in [-0.2, 0) is 21.2 Å². The van der Waals surface area contributed by atoms with Gasteiger partial charge in [-0.15, -0.1) is 11.8 Å². The summed E-state index contributed by atoms with van der Waals surface area (Å²) in [6.45, 7) is 0.427. The van der Waals surface area contributed by atoms with Crippen LogP contribution < -0.4 is 9.62 Å². The quantitative estimate of drug-likeness (QED) is 0.776. The fourth-order valence-electron chi connectivity index (χ4n) is 3.09. The molecule has 2 aromatic rings. The van der Waals surface area contributed by atoms with Crippen molar-refractivity contribution in [3.8, 4) is 0 Å². The van der Waals surface area contributed by atoms with Crippen molar-refractivity contribution >= 4 is 55.0 Å². The first-order chi connectivity index (χ1) is 12.0. The third kappa shape index (κ3) is 2.96. The smallest absolute Gasteiger partial charge is 0.264 e. The fraction of sp³-hybridized carbons (Fsp3) is 0.235. The fourth-order valence-corrected chi connectivity index (χ4v) is 6.67. The van der Waals surface area contributed by atoms with Gasteiger partial charge >= 0.3 is 0 Å². The molecular formula is C17H15BrN2O3S2.